The Labute approximate surface area is 71.4 Å². The minimum absolute atomic E-state index is 0. The van der Waals surface area contributed by atoms with Gasteiger partial charge >= 0.3 is 0 Å². The number of halogens is 2. The molecule has 0 rings (SSSR count). The van der Waals surface area contributed by atoms with Crippen molar-refractivity contribution in [1.82, 2.24) is 0 Å². The monoisotopic (exact) mass is 239 g/mol. The average Bonchev–Trinajstić information content (AvgIpc) is 0. The van der Waals surface area contributed by atoms with Crippen LogP contribution >= 0.6 is 0 Å². The van der Waals surface area contributed by atoms with Gasteiger partial charge in [0, 0.05) is 24.4 Å². The van der Waals surface area contributed by atoms with Gasteiger partial charge in [0.2, 0.25) is 0 Å². The zero-order valence-electron chi connectivity index (χ0n) is 1.20. The summed E-state index contributed by atoms with van der Waals surface area (Å²) in [5, 5.41) is 0. The fraction of sp³-hybridized carbons (Fsp3) is 1.00. The van der Waals surface area contributed by atoms with E-state index in [1.807, 2.05) is 0 Å². The summed E-state index contributed by atoms with van der Waals surface area (Å²) in [6, 6.07) is 0. The van der Waals surface area contributed by atoms with Crippen molar-refractivity contribution in [3.8, 4) is 0 Å². The van der Waals surface area contributed by atoms with E-state index >= 15 is 0 Å². The molecule has 0 spiro atoms. The Morgan fingerprint density at radius 3 is 0.500 bits per heavy atom. The number of hydrogen-bond acceptors (Lipinski definition) is 0. The third kappa shape index (κ3) is 53.4. The standard InChI is InChI=1S/3CH4.2ClH.Sb/h3*1H4;2*1H;/p-2. The predicted molar refractivity (Wildman–Crippen MR) is 25.9 cm³/mol. The van der Waals surface area contributed by atoms with E-state index < -0.39 is 0 Å². The van der Waals surface area contributed by atoms with Crippen LogP contribution in [0.5, 0.6) is 0 Å². The Kier molecular flexibility index (Phi) is 2460. The molecular weight excluding hydrogens is 229 g/mol. The van der Waals surface area contributed by atoms with Crippen molar-refractivity contribution in [3.63, 3.8) is 0 Å². The molecule has 45 valence electrons. The van der Waals surface area contributed by atoms with Gasteiger partial charge < -0.3 is 24.8 Å². The second kappa shape index (κ2) is 95.4. The van der Waals surface area contributed by atoms with Gasteiger partial charge in [-0.2, -0.15) is 0 Å². The molecule has 0 amide bonds. The Bertz CT molecular complexity index is 8.75. The molecule has 0 saturated carbocycles. The molecule has 0 nitrogen and oxygen atoms in total. The van der Waals surface area contributed by atoms with Crippen LogP contribution in [0.15, 0.2) is 0 Å². The van der Waals surface area contributed by atoms with Gasteiger partial charge in [-0.05, 0) is 0 Å². The predicted octanol–water partition coefficient (Wildman–Crippen LogP) is -4.46. The summed E-state index contributed by atoms with van der Waals surface area (Å²) in [6.07, 6.45) is 0. The molecule has 0 fully saturated rings. The number of hydrogen-bond donors (Lipinski definition) is 0. The van der Waals surface area contributed by atoms with Gasteiger partial charge in [0.25, 0.3) is 0 Å². The van der Waals surface area contributed by atoms with Crippen LogP contribution in [0.2, 0.25) is 0 Å². The van der Waals surface area contributed by atoms with Crippen molar-refractivity contribution < 1.29 is 24.8 Å². The normalized spacial score (nSPS) is 0. The van der Waals surface area contributed by atoms with Crippen LogP contribution < -0.4 is 24.8 Å². The van der Waals surface area contributed by atoms with Crippen LogP contribution in [0.4, 0.5) is 0 Å². The Balaban J connectivity index is 0. The summed E-state index contributed by atoms with van der Waals surface area (Å²) in [7, 11) is 0. The molecule has 0 aromatic carbocycles. The van der Waals surface area contributed by atoms with Crippen molar-refractivity contribution in [2.75, 3.05) is 0 Å². The zero-order chi connectivity index (χ0) is 0. The van der Waals surface area contributed by atoms with Crippen LogP contribution in [0, 0.1) is 0 Å². The van der Waals surface area contributed by atoms with E-state index in [1.165, 1.54) is 0 Å². The molecule has 0 saturated heterocycles. The third-order valence-electron chi connectivity index (χ3n) is 0. The summed E-state index contributed by atoms with van der Waals surface area (Å²) in [4.78, 5) is 0. The topological polar surface area (TPSA) is 0 Å². The molecule has 0 unspecified atom stereocenters. The maximum Gasteiger partial charge on any atom is 0 e. The van der Waals surface area contributed by atoms with Gasteiger partial charge in [0.1, 0.15) is 0 Å². The van der Waals surface area contributed by atoms with Crippen molar-refractivity contribution in [1.29, 1.82) is 0 Å². The molecule has 0 atom stereocenters. The van der Waals surface area contributed by atoms with Crippen molar-refractivity contribution in [2.24, 2.45) is 0 Å². The van der Waals surface area contributed by atoms with Gasteiger partial charge in [-0.1, -0.05) is 22.3 Å². The van der Waals surface area contributed by atoms with Crippen LogP contribution in [0.3, 0.4) is 0 Å². The molecule has 0 aromatic heterocycles. The fourth-order valence-corrected chi connectivity index (χ4v) is 0. The first-order valence-corrected chi connectivity index (χ1v) is 0. The second-order valence-electron chi connectivity index (χ2n) is 0. The summed E-state index contributed by atoms with van der Waals surface area (Å²) < 4.78 is 0. The summed E-state index contributed by atoms with van der Waals surface area (Å²) >= 11 is 0. The smallest absolute Gasteiger partial charge is 0 e. The van der Waals surface area contributed by atoms with Gasteiger partial charge in [-0.15, -0.1) is 0 Å². The fourth-order valence-electron chi connectivity index (χ4n) is 0. The average molecular weight is 241 g/mol. The Morgan fingerprint density at radius 2 is 0.500 bits per heavy atom. The van der Waals surface area contributed by atoms with Gasteiger partial charge in [0.05, 0.1) is 0 Å². The second-order valence-corrected chi connectivity index (χ2v) is 0. The van der Waals surface area contributed by atoms with Crippen LogP contribution in [0.1, 0.15) is 22.3 Å². The van der Waals surface area contributed by atoms with Crippen LogP contribution in [0.25, 0.3) is 0 Å². The molecule has 0 bridgehead atoms. The quantitative estimate of drug-likeness (QED) is 0.375. The van der Waals surface area contributed by atoms with E-state index in [4.69, 9.17) is 0 Å². The Hall–Kier alpha value is 1.40. The zero-order valence-corrected chi connectivity index (χ0v) is 5.27. The largest absolute Gasteiger partial charge is 1.00 e. The summed E-state index contributed by atoms with van der Waals surface area (Å²) in [5.74, 6) is 0. The maximum absolute atomic E-state index is 0. The SMILES string of the molecule is C.C.C.[Cl-].[Cl-].[Sb]. The van der Waals surface area contributed by atoms with E-state index in [0.29, 0.717) is 0 Å². The number of rotatable bonds is 0. The minimum atomic E-state index is 0. The molecule has 0 aromatic rings. The van der Waals surface area contributed by atoms with E-state index in [1.54, 1.807) is 0 Å². The molecule has 6 heavy (non-hydrogen) atoms. The minimum Gasteiger partial charge on any atom is -1.00 e. The van der Waals surface area contributed by atoms with E-state index in [-0.39, 0.29) is 71.5 Å². The van der Waals surface area contributed by atoms with E-state index in [0.717, 1.165) is 0 Å². The first-order chi connectivity index (χ1) is 0. The molecular formula is C3H12Cl2Sb-2. The van der Waals surface area contributed by atoms with E-state index in [9.17, 15) is 0 Å². The van der Waals surface area contributed by atoms with Crippen molar-refractivity contribution in [2.45, 2.75) is 22.3 Å². The third-order valence-corrected chi connectivity index (χ3v) is 0. The molecule has 0 aliphatic rings. The maximum atomic E-state index is 0. The van der Waals surface area contributed by atoms with Gasteiger partial charge in [-0.3, -0.25) is 0 Å². The van der Waals surface area contributed by atoms with Crippen LogP contribution in [-0.4, -0.2) is 24.4 Å². The molecule has 3 radical (unpaired) electrons. The first-order valence-electron chi connectivity index (χ1n) is 0. The summed E-state index contributed by atoms with van der Waals surface area (Å²) in [5.41, 5.74) is 0. The van der Waals surface area contributed by atoms with E-state index in [2.05, 4.69) is 0 Å². The van der Waals surface area contributed by atoms with Crippen molar-refractivity contribution in [3.05, 3.63) is 0 Å². The summed E-state index contributed by atoms with van der Waals surface area (Å²) in [6.45, 7) is 0. The van der Waals surface area contributed by atoms with Gasteiger partial charge in [0.15, 0.2) is 0 Å². The Morgan fingerprint density at radius 1 is 0.500 bits per heavy atom. The molecule has 0 N–H and O–H groups in total. The molecule has 0 aliphatic heterocycles. The first kappa shape index (κ1) is 155. The molecule has 3 heteroatoms. The van der Waals surface area contributed by atoms with Gasteiger partial charge in [-0.25, -0.2) is 0 Å². The van der Waals surface area contributed by atoms with Crippen molar-refractivity contribution >= 4 is 24.4 Å². The molecule has 0 aliphatic carbocycles. The molecule has 0 heterocycles. The van der Waals surface area contributed by atoms with Crippen LogP contribution in [-0.2, 0) is 0 Å².